The van der Waals surface area contributed by atoms with Crippen LogP contribution in [0.2, 0.25) is 0 Å². The summed E-state index contributed by atoms with van der Waals surface area (Å²) < 4.78 is 1.59. The monoisotopic (exact) mass is 408 g/mol. The first-order chi connectivity index (χ1) is 8.95. The summed E-state index contributed by atoms with van der Waals surface area (Å²) in [6, 6.07) is 0. The highest BCUT2D eigenvalue weighted by atomic mass is 79.9. The molecule has 104 valence electrons. The lowest BCUT2D eigenvalue weighted by atomic mass is 9.91. The van der Waals surface area contributed by atoms with Crippen LogP contribution in [-0.4, -0.2) is 16.9 Å². The molecule has 0 bridgehead atoms. The van der Waals surface area contributed by atoms with Gasteiger partial charge in [-0.25, -0.2) is 0 Å². The molecule has 1 heterocycles. The van der Waals surface area contributed by atoms with E-state index in [0.29, 0.717) is 23.6 Å². The number of halogens is 2. The molecule has 0 radical (unpaired) electrons. The minimum absolute atomic E-state index is 0.0362. The second-order valence-electron chi connectivity index (χ2n) is 4.89. The van der Waals surface area contributed by atoms with Gasteiger partial charge in [0.25, 0.3) is 0 Å². The Morgan fingerprint density at radius 3 is 2.47 bits per heavy atom. The summed E-state index contributed by atoms with van der Waals surface area (Å²) in [7, 11) is 0. The van der Waals surface area contributed by atoms with Crippen molar-refractivity contribution >= 4 is 54.9 Å². The van der Waals surface area contributed by atoms with Crippen LogP contribution in [0.25, 0.3) is 0 Å². The van der Waals surface area contributed by atoms with Crippen LogP contribution in [0.4, 0.5) is 0 Å². The molecule has 19 heavy (non-hydrogen) atoms. The molecule has 3 nitrogen and oxygen atoms in total. The van der Waals surface area contributed by atoms with E-state index in [1.54, 1.807) is 0 Å². The van der Waals surface area contributed by atoms with Crippen molar-refractivity contribution in [3.05, 3.63) is 19.2 Å². The molecule has 3 unspecified atom stereocenters. The van der Waals surface area contributed by atoms with E-state index in [9.17, 15) is 14.7 Å². The molecule has 1 aliphatic rings. The number of hydrogen-bond donors (Lipinski definition) is 1. The van der Waals surface area contributed by atoms with Crippen molar-refractivity contribution in [1.29, 1.82) is 0 Å². The van der Waals surface area contributed by atoms with E-state index >= 15 is 0 Å². The quantitative estimate of drug-likeness (QED) is 0.739. The number of rotatable bonds is 4. The van der Waals surface area contributed by atoms with Crippen LogP contribution in [0.3, 0.4) is 0 Å². The third-order valence-corrected chi connectivity index (χ3v) is 7.35. The zero-order valence-electron chi connectivity index (χ0n) is 10.4. The molecular formula is C13H14Br2O3S. The highest BCUT2D eigenvalue weighted by molar-refractivity contribution is 9.13. The third-order valence-electron chi connectivity index (χ3n) is 3.80. The minimum Gasteiger partial charge on any atom is -0.481 e. The molecule has 0 aliphatic heterocycles. The van der Waals surface area contributed by atoms with E-state index in [4.69, 9.17) is 0 Å². The lowest BCUT2D eigenvalue weighted by molar-refractivity contribution is -0.142. The van der Waals surface area contributed by atoms with Gasteiger partial charge in [0.05, 0.1) is 15.3 Å². The van der Waals surface area contributed by atoms with Gasteiger partial charge >= 0.3 is 5.97 Å². The SMILES string of the molecule is CCC1CC(C(=O)O)C(C(=O)c2scc(Br)c2Br)C1. The lowest BCUT2D eigenvalue weighted by Crippen LogP contribution is -2.25. The van der Waals surface area contributed by atoms with E-state index < -0.39 is 11.9 Å². The fraction of sp³-hybridized carbons (Fsp3) is 0.538. The molecule has 0 saturated heterocycles. The second kappa shape index (κ2) is 6.06. The summed E-state index contributed by atoms with van der Waals surface area (Å²) in [6.07, 6.45) is 2.24. The van der Waals surface area contributed by atoms with Crippen LogP contribution in [0, 0.1) is 17.8 Å². The number of carboxylic acids is 1. The van der Waals surface area contributed by atoms with Crippen LogP contribution < -0.4 is 0 Å². The van der Waals surface area contributed by atoms with Crippen molar-refractivity contribution < 1.29 is 14.7 Å². The maximum atomic E-state index is 12.6. The molecule has 1 aromatic heterocycles. The van der Waals surface area contributed by atoms with Gasteiger partial charge in [0.15, 0.2) is 5.78 Å². The zero-order chi connectivity index (χ0) is 14.2. The maximum Gasteiger partial charge on any atom is 0.307 e. The first-order valence-electron chi connectivity index (χ1n) is 6.15. The van der Waals surface area contributed by atoms with Gasteiger partial charge in [-0.05, 0) is 50.6 Å². The highest BCUT2D eigenvalue weighted by Crippen LogP contribution is 2.43. The number of Topliss-reactive ketones (excluding diaryl/α,β-unsaturated/α-hetero) is 1. The normalized spacial score (nSPS) is 26.6. The van der Waals surface area contributed by atoms with Gasteiger partial charge in [-0.15, -0.1) is 11.3 Å². The van der Waals surface area contributed by atoms with E-state index in [1.165, 1.54) is 11.3 Å². The predicted octanol–water partition coefficient (Wildman–Crippen LogP) is 4.59. The predicted molar refractivity (Wildman–Crippen MR) is 81.7 cm³/mol. The number of carbonyl (C=O) groups excluding carboxylic acids is 1. The minimum atomic E-state index is -0.846. The molecule has 3 atom stereocenters. The van der Waals surface area contributed by atoms with Crippen LogP contribution in [0.5, 0.6) is 0 Å². The number of carboxylic acid groups (broad SMARTS) is 1. The smallest absolute Gasteiger partial charge is 0.307 e. The average molecular weight is 410 g/mol. The van der Waals surface area contributed by atoms with Gasteiger partial charge in [0.1, 0.15) is 0 Å². The van der Waals surface area contributed by atoms with E-state index in [2.05, 4.69) is 31.9 Å². The Balaban J connectivity index is 2.26. The lowest BCUT2D eigenvalue weighted by Gasteiger charge is -2.13. The van der Waals surface area contributed by atoms with E-state index in [-0.39, 0.29) is 11.7 Å². The zero-order valence-corrected chi connectivity index (χ0v) is 14.3. The molecule has 0 aromatic carbocycles. The molecule has 1 N–H and O–H groups in total. The van der Waals surface area contributed by atoms with Crippen LogP contribution >= 0.6 is 43.2 Å². The molecule has 0 amide bonds. The van der Waals surface area contributed by atoms with Crippen molar-refractivity contribution in [2.45, 2.75) is 26.2 Å². The molecular weight excluding hydrogens is 396 g/mol. The second-order valence-corrected chi connectivity index (χ2v) is 7.41. The number of hydrogen-bond acceptors (Lipinski definition) is 3. The third kappa shape index (κ3) is 2.95. The molecule has 0 spiro atoms. The summed E-state index contributed by atoms with van der Waals surface area (Å²) in [5, 5.41) is 11.1. The van der Waals surface area contributed by atoms with Crippen LogP contribution in [-0.2, 0) is 4.79 Å². The van der Waals surface area contributed by atoms with Crippen molar-refractivity contribution in [2.24, 2.45) is 17.8 Å². The first-order valence-corrected chi connectivity index (χ1v) is 8.61. The van der Waals surface area contributed by atoms with Gasteiger partial charge in [0, 0.05) is 15.8 Å². The van der Waals surface area contributed by atoms with Crippen LogP contribution in [0.15, 0.2) is 14.3 Å². The summed E-state index contributed by atoms with van der Waals surface area (Å²) in [4.78, 5) is 24.5. The Morgan fingerprint density at radius 1 is 1.37 bits per heavy atom. The average Bonchev–Trinajstić information content (AvgIpc) is 2.94. The first kappa shape index (κ1) is 15.2. The number of ketones is 1. The fourth-order valence-electron chi connectivity index (χ4n) is 2.70. The summed E-state index contributed by atoms with van der Waals surface area (Å²) in [6.45, 7) is 2.05. The van der Waals surface area contributed by atoms with Gasteiger partial charge in [-0.3, -0.25) is 9.59 Å². The summed E-state index contributed by atoms with van der Waals surface area (Å²) >= 11 is 8.10. The van der Waals surface area contributed by atoms with Gasteiger partial charge in [0.2, 0.25) is 0 Å². The number of aliphatic carboxylic acids is 1. The van der Waals surface area contributed by atoms with Crippen molar-refractivity contribution in [3.63, 3.8) is 0 Å². The van der Waals surface area contributed by atoms with E-state index in [0.717, 1.165) is 15.4 Å². The molecule has 2 rings (SSSR count). The molecule has 1 saturated carbocycles. The van der Waals surface area contributed by atoms with Gasteiger partial charge in [-0.2, -0.15) is 0 Å². The van der Waals surface area contributed by atoms with Crippen molar-refractivity contribution in [3.8, 4) is 0 Å². The molecule has 6 heteroatoms. The largest absolute Gasteiger partial charge is 0.481 e. The fourth-order valence-corrected chi connectivity index (χ4v) is 4.87. The standard InChI is InChI=1S/C13H14Br2O3S/c1-2-6-3-7(8(4-6)13(17)18)11(16)12-10(15)9(14)5-19-12/h5-8H,2-4H2,1H3,(H,17,18). The van der Waals surface area contributed by atoms with E-state index in [1.807, 2.05) is 12.3 Å². The number of carbonyl (C=O) groups is 2. The topological polar surface area (TPSA) is 54.4 Å². The Labute approximate surface area is 132 Å². The highest BCUT2D eigenvalue weighted by Gasteiger charge is 2.43. The molecule has 1 fully saturated rings. The summed E-state index contributed by atoms with van der Waals surface area (Å²) in [5.41, 5.74) is 0. The van der Waals surface area contributed by atoms with Crippen molar-refractivity contribution in [2.75, 3.05) is 0 Å². The molecule has 1 aromatic rings. The van der Waals surface area contributed by atoms with Gasteiger partial charge < -0.3 is 5.11 Å². The Hall–Kier alpha value is -0.200. The summed E-state index contributed by atoms with van der Waals surface area (Å²) in [5.74, 6) is -1.46. The maximum absolute atomic E-state index is 12.6. The Bertz CT molecular complexity index is 512. The van der Waals surface area contributed by atoms with Gasteiger partial charge in [-0.1, -0.05) is 13.3 Å². The number of thiophene rings is 1. The van der Waals surface area contributed by atoms with Crippen LogP contribution in [0.1, 0.15) is 35.9 Å². The molecule has 1 aliphatic carbocycles. The Morgan fingerprint density at radius 2 is 2.00 bits per heavy atom. The van der Waals surface area contributed by atoms with Crippen molar-refractivity contribution in [1.82, 2.24) is 0 Å². The Kier molecular flexibility index (Phi) is 4.84.